The number of hydrogen-bond acceptors (Lipinski definition) is 6. The smallest absolute Gasteiger partial charge is 0.394 e. The van der Waals surface area contributed by atoms with E-state index in [1.807, 2.05) is 0 Å². The minimum Gasteiger partial charge on any atom is -0.394 e. The topological polar surface area (TPSA) is 102 Å². The Morgan fingerprint density at radius 3 is 2.74 bits per heavy atom. The molecule has 1 saturated heterocycles. The van der Waals surface area contributed by atoms with Gasteiger partial charge in [-0.05, 0) is 22.7 Å². The van der Waals surface area contributed by atoms with E-state index in [2.05, 4.69) is 10.3 Å². The third kappa shape index (κ3) is 2.54. The maximum atomic E-state index is 11.0. The molecule has 1 aromatic heterocycles. The number of ether oxygens (including phenoxy) is 1. The van der Waals surface area contributed by atoms with Crippen LogP contribution in [0.4, 0.5) is 11.6 Å². The summed E-state index contributed by atoms with van der Waals surface area (Å²) in [5.41, 5.74) is -0.580. The number of nitrogens with zero attached hydrogens (tertiary/aromatic N) is 3. The molecule has 1 aliphatic rings. The van der Waals surface area contributed by atoms with E-state index in [1.54, 1.807) is 18.5 Å². The predicted molar refractivity (Wildman–Crippen MR) is 68.1 cm³/mol. The summed E-state index contributed by atoms with van der Waals surface area (Å²) < 4.78 is 6.90. The molecule has 0 atom stereocenters. The van der Waals surface area contributed by atoms with Crippen LogP contribution in [0.3, 0.4) is 0 Å². The minimum atomic E-state index is -0.580. The maximum Gasteiger partial charge on any atom is 0.406 e. The molecule has 2 N–H and O–H groups in total. The summed E-state index contributed by atoms with van der Waals surface area (Å²) in [6.45, 7) is 2.65. The quantitative estimate of drug-likeness (QED) is 0.613. The number of aliphatic hydroxyl groups excluding tert-OH is 1. The first kappa shape index (κ1) is 13.8. The highest BCUT2D eigenvalue weighted by molar-refractivity contribution is 5.55. The Balaban J connectivity index is 2.33. The average molecular weight is 270 g/mol. The Hall–Kier alpha value is -1.67. The zero-order chi connectivity index (χ0) is 14.0. The summed E-state index contributed by atoms with van der Waals surface area (Å²) >= 11 is 0. The number of aromatic nitrogens is 2. The lowest BCUT2D eigenvalue weighted by Crippen LogP contribution is -2.47. The summed E-state index contributed by atoms with van der Waals surface area (Å²) in [5.74, 6) is 0.673. The lowest BCUT2D eigenvalue weighted by atomic mass is 9.91. The van der Waals surface area contributed by atoms with Crippen LogP contribution < -0.4 is 5.32 Å². The number of aliphatic hydroxyl groups is 1. The van der Waals surface area contributed by atoms with Crippen molar-refractivity contribution in [2.75, 3.05) is 25.1 Å². The number of rotatable bonds is 4. The van der Waals surface area contributed by atoms with E-state index < -0.39 is 10.5 Å². The monoisotopic (exact) mass is 270 g/mol. The zero-order valence-corrected chi connectivity index (χ0v) is 11.0. The first-order valence-corrected chi connectivity index (χ1v) is 6.13. The Labute approximate surface area is 110 Å². The van der Waals surface area contributed by atoms with Gasteiger partial charge in [0.05, 0.1) is 12.1 Å². The highest BCUT2D eigenvalue weighted by atomic mass is 16.6. The molecule has 0 amide bonds. The molecule has 8 nitrogen and oxygen atoms in total. The van der Waals surface area contributed by atoms with E-state index in [1.165, 1.54) is 0 Å². The van der Waals surface area contributed by atoms with Crippen LogP contribution in [-0.4, -0.2) is 44.9 Å². The standard InChI is InChI=1S/C11H18N4O4/c1-8-12-9(15(17)18)10(14(8)2)13-11(7-16)3-5-19-6-4-11/h13,16H,3-7H2,1-2H3. The Morgan fingerprint density at radius 2 is 2.21 bits per heavy atom. The van der Waals surface area contributed by atoms with E-state index >= 15 is 0 Å². The normalized spacial score (nSPS) is 18.3. The van der Waals surface area contributed by atoms with Crippen LogP contribution in [0.2, 0.25) is 0 Å². The van der Waals surface area contributed by atoms with Gasteiger partial charge in [0.1, 0.15) is 0 Å². The molecule has 106 valence electrons. The molecule has 0 unspecified atom stereocenters. The first-order valence-electron chi connectivity index (χ1n) is 6.13. The maximum absolute atomic E-state index is 11.0. The highest BCUT2D eigenvalue weighted by Crippen LogP contribution is 2.31. The van der Waals surface area contributed by atoms with Crippen LogP contribution in [0.25, 0.3) is 0 Å². The summed E-state index contributed by atoms with van der Waals surface area (Å²) in [6.07, 6.45) is 1.20. The SMILES string of the molecule is Cc1nc([N+](=O)[O-])c(NC2(CO)CCOCC2)n1C. The fourth-order valence-electron chi connectivity index (χ4n) is 2.20. The number of anilines is 1. The Morgan fingerprint density at radius 1 is 1.58 bits per heavy atom. The molecule has 0 spiro atoms. The molecule has 1 fully saturated rings. The molecular weight excluding hydrogens is 252 g/mol. The molecule has 0 saturated carbocycles. The molecule has 0 radical (unpaired) electrons. The van der Waals surface area contributed by atoms with Crippen molar-refractivity contribution in [1.82, 2.24) is 9.55 Å². The molecule has 0 aliphatic carbocycles. The number of aryl methyl sites for hydroxylation is 1. The average Bonchev–Trinajstić information content (AvgIpc) is 2.68. The largest absolute Gasteiger partial charge is 0.406 e. The van der Waals surface area contributed by atoms with Crippen LogP contribution in [0.15, 0.2) is 0 Å². The third-order valence-electron chi connectivity index (χ3n) is 3.61. The summed E-state index contributed by atoms with van der Waals surface area (Å²) in [5, 5.41) is 23.7. The zero-order valence-electron chi connectivity index (χ0n) is 11.0. The predicted octanol–water partition coefficient (Wildman–Crippen LogP) is 0.590. The molecule has 19 heavy (non-hydrogen) atoms. The number of nitrogens with one attached hydrogen (secondary N) is 1. The lowest BCUT2D eigenvalue weighted by molar-refractivity contribution is -0.388. The first-order chi connectivity index (χ1) is 8.99. The van der Waals surface area contributed by atoms with Gasteiger partial charge in [0.2, 0.25) is 11.6 Å². The van der Waals surface area contributed by atoms with Gasteiger partial charge in [0, 0.05) is 27.2 Å². The molecule has 2 heterocycles. The van der Waals surface area contributed by atoms with Crippen molar-refractivity contribution in [1.29, 1.82) is 0 Å². The number of hydrogen-bond donors (Lipinski definition) is 2. The van der Waals surface area contributed by atoms with Crippen molar-refractivity contribution in [2.45, 2.75) is 25.3 Å². The van der Waals surface area contributed by atoms with E-state index in [9.17, 15) is 15.2 Å². The van der Waals surface area contributed by atoms with Gasteiger partial charge in [-0.25, -0.2) is 0 Å². The van der Waals surface area contributed by atoms with Gasteiger partial charge in [-0.1, -0.05) is 0 Å². The van der Waals surface area contributed by atoms with Crippen molar-refractivity contribution in [3.8, 4) is 0 Å². The summed E-state index contributed by atoms with van der Waals surface area (Å²) in [6, 6.07) is 0. The fraction of sp³-hybridized carbons (Fsp3) is 0.727. The molecule has 8 heteroatoms. The highest BCUT2D eigenvalue weighted by Gasteiger charge is 2.36. The van der Waals surface area contributed by atoms with Crippen molar-refractivity contribution in [3.05, 3.63) is 15.9 Å². The van der Waals surface area contributed by atoms with Crippen molar-refractivity contribution >= 4 is 11.6 Å². The van der Waals surface area contributed by atoms with Gasteiger partial charge in [-0.15, -0.1) is 0 Å². The Kier molecular flexibility index (Phi) is 3.72. The number of nitro groups is 1. The van der Waals surface area contributed by atoms with E-state index in [0.29, 0.717) is 37.7 Å². The molecule has 0 bridgehead atoms. The second kappa shape index (κ2) is 5.14. The van der Waals surface area contributed by atoms with Gasteiger partial charge in [0.15, 0.2) is 0 Å². The molecule has 1 aliphatic heterocycles. The van der Waals surface area contributed by atoms with E-state index in [0.717, 1.165) is 0 Å². The summed E-state index contributed by atoms with van der Waals surface area (Å²) in [4.78, 5) is 14.4. The third-order valence-corrected chi connectivity index (χ3v) is 3.61. The van der Waals surface area contributed by atoms with Crippen LogP contribution in [-0.2, 0) is 11.8 Å². The van der Waals surface area contributed by atoms with Gasteiger partial charge in [-0.3, -0.25) is 4.57 Å². The molecular formula is C11H18N4O4. The second-order valence-corrected chi connectivity index (χ2v) is 4.82. The molecule has 2 rings (SSSR count). The van der Waals surface area contributed by atoms with Gasteiger partial charge in [-0.2, -0.15) is 0 Å². The van der Waals surface area contributed by atoms with Crippen LogP contribution in [0.5, 0.6) is 0 Å². The van der Waals surface area contributed by atoms with Gasteiger partial charge >= 0.3 is 5.82 Å². The van der Waals surface area contributed by atoms with Crippen molar-refractivity contribution in [2.24, 2.45) is 7.05 Å². The van der Waals surface area contributed by atoms with Crippen LogP contribution in [0, 0.1) is 17.0 Å². The molecule has 1 aromatic rings. The van der Waals surface area contributed by atoms with Crippen LogP contribution >= 0.6 is 0 Å². The fourth-order valence-corrected chi connectivity index (χ4v) is 2.20. The van der Waals surface area contributed by atoms with Gasteiger partial charge in [0.25, 0.3) is 0 Å². The van der Waals surface area contributed by atoms with Crippen molar-refractivity contribution < 1.29 is 14.8 Å². The second-order valence-electron chi connectivity index (χ2n) is 4.82. The lowest BCUT2D eigenvalue weighted by Gasteiger charge is -2.36. The number of imidazole rings is 1. The summed E-state index contributed by atoms with van der Waals surface area (Å²) in [7, 11) is 1.71. The Bertz CT molecular complexity index is 479. The van der Waals surface area contributed by atoms with Crippen LogP contribution in [0.1, 0.15) is 18.7 Å². The van der Waals surface area contributed by atoms with E-state index in [4.69, 9.17) is 4.74 Å². The van der Waals surface area contributed by atoms with Gasteiger partial charge < -0.3 is 25.3 Å². The van der Waals surface area contributed by atoms with E-state index in [-0.39, 0.29) is 12.4 Å². The molecule has 0 aromatic carbocycles. The minimum absolute atomic E-state index is 0.0995. The van der Waals surface area contributed by atoms with Crippen molar-refractivity contribution in [3.63, 3.8) is 0 Å².